The number of hydrogen-bond acceptors (Lipinski definition) is 3. The van der Waals surface area contributed by atoms with Gasteiger partial charge in [-0.05, 0) is 37.5 Å². The molecule has 0 aliphatic carbocycles. The molecule has 2 N–H and O–H groups in total. The summed E-state index contributed by atoms with van der Waals surface area (Å²) in [7, 11) is 1.71. The molecule has 2 atom stereocenters. The third kappa shape index (κ3) is 3.14. The van der Waals surface area contributed by atoms with Crippen molar-refractivity contribution in [2.24, 2.45) is 5.73 Å². The summed E-state index contributed by atoms with van der Waals surface area (Å²) >= 11 is 6.00. The van der Waals surface area contributed by atoms with Crippen molar-refractivity contribution in [1.82, 2.24) is 4.90 Å². The summed E-state index contributed by atoms with van der Waals surface area (Å²) in [5.74, 6) is 0.00926. The van der Waals surface area contributed by atoms with Crippen molar-refractivity contribution >= 4 is 17.5 Å². The Labute approximate surface area is 124 Å². The molecule has 5 heteroatoms. The van der Waals surface area contributed by atoms with Gasteiger partial charge in [-0.25, -0.2) is 0 Å². The molecule has 4 nitrogen and oxygen atoms in total. The van der Waals surface area contributed by atoms with Gasteiger partial charge in [0.25, 0.3) is 5.91 Å². The monoisotopic (exact) mass is 296 g/mol. The summed E-state index contributed by atoms with van der Waals surface area (Å²) in [5.41, 5.74) is 7.41. The highest BCUT2D eigenvalue weighted by Gasteiger charge is 2.31. The standard InChI is InChI=1S/C15H21ClN2O2/c1-10-3-4-11(16)7-14(10)15(19)18-6-5-13(20-2)8-12(18)9-17/h3-4,7,12-13H,5-6,8-9,17H2,1-2H3. The van der Waals surface area contributed by atoms with Gasteiger partial charge in [-0.3, -0.25) is 4.79 Å². The molecular weight excluding hydrogens is 276 g/mol. The predicted octanol–water partition coefficient (Wildman–Crippen LogP) is 2.23. The molecule has 1 amide bonds. The molecule has 0 saturated carbocycles. The lowest BCUT2D eigenvalue weighted by molar-refractivity contribution is 0.0138. The van der Waals surface area contributed by atoms with E-state index in [-0.39, 0.29) is 18.1 Å². The van der Waals surface area contributed by atoms with Crippen LogP contribution in [0.25, 0.3) is 0 Å². The van der Waals surface area contributed by atoms with Crippen LogP contribution in [0.3, 0.4) is 0 Å². The van der Waals surface area contributed by atoms with Crippen LogP contribution in [-0.4, -0.2) is 43.2 Å². The highest BCUT2D eigenvalue weighted by atomic mass is 35.5. The van der Waals surface area contributed by atoms with Crippen LogP contribution in [-0.2, 0) is 4.74 Å². The lowest BCUT2D eigenvalue weighted by Crippen LogP contribution is -2.51. The molecule has 1 aliphatic rings. The molecule has 0 spiro atoms. The van der Waals surface area contributed by atoms with Gasteiger partial charge in [0.1, 0.15) is 0 Å². The minimum Gasteiger partial charge on any atom is -0.381 e. The summed E-state index contributed by atoms with van der Waals surface area (Å²) in [4.78, 5) is 14.6. The van der Waals surface area contributed by atoms with Gasteiger partial charge in [-0.2, -0.15) is 0 Å². The van der Waals surface area contributed by atoms with Crippen molar-refractivity contribution in [2.75, 3.05) is 20.2 Å². The zero-order valence-corrected chi connectivity index (χ0v) is 12.7. The Morgan fingerprint density at radius 3 is 2.95 bits per heavy atom. The van der Waals surface area contributed by atoms with Crippen LogP contribution < -0.4 is 5.73 Å². The number of benzene rings is 1. The number of aryl methyl sites for hydroxylation is 1. The molecule has 1 saturated heterocycles. The van der Waals surface area contributed by atoms with Crippen molar-refractivity contribution in [3.05, 3.63) is 34.3 Å². The normalized spacial score (nSPS) is 22.9. The first-order chi connectivity index (χ1) is 9.56. The quantitative estimate of drug-likeness (QED) is 0.930. The number of piperidine rings is 1. The third-order valence-corrected chi connectivity index (χ3v) is 4.20. The Bertz CT molecular complexity index is 493. The van der Waals surface area contributed by atoms with Gasteiger partial charge >= 0.3 is 0 Å². The average molecular weight is 297 g/mol. The molecule has 0 aromatic heterocycles. The number of rotatable bonds is 3. The summed E-state index contributed by atoms with van der Waals surface area (Å²) in [6, 6.07) is 5.43. The van der Waals surface area contributed by atoms with Crippen molar-refractivity contribution in [2.45, 2.75) is 31.9 Å². The molecule has 1 aromatic carbocycles. The maximum atomic E-state index is 12.7. The Kier molecular flexibility index (Phi) is 5.02. The molecule has 1 fully saturated rings. The fourth-order valence-electron chi connectivity index (χ4n) is 2.70. The Hall–Kier alpha value is -1.10. The first kappa shape index (κ1) is 15.3. The van der Waals surface area contributed by atoms with Crippen molar-refractivity contribution in [3.8, 4) is 0 Å². The number of nitrogens with zero attached hydrogens (tertiary/aromatic N) is 1. The van der Waals surface area contributed by atoms with E-state index >= 15 is 0 Å². The van der Waals surface area contributed by atoms with Gasteiger partial charge in [-0.15, -0.1) is 0 Å². The van der Waals surface area contributed by atoms with Gasteiger partial charge in [-0.1, -0.05) is 17.7 Å². The summed E-state index contributed by atoms with van der Waals surface area (Å²) < 4.78 is 5.39. The van der Waals surface area contributed by atoms with Gasteiger partial charge in [0.2, 0.25) is 0 Å². The van der Waals surface area contributed by atoms with E-state index in [1.165, 1.54) is 0 Å². The van der Waals surface area contributed by atoms with Crippen LogP contribution >= 0.6 is 11.6 Å². The van der Waals surface area contributed by atoms with Gasteiger partial charge in [0, 0.05) is 36.8 Å². The number of amides is 1. The average Bonchev–Trinajstić information content (AvgIpc) is 2.48. The minimum atomic E-state index is 0.00926. The number of halogens is 1. The number of carbonyl (C=O) groups excluding carboxylic acids is 1. The predicted molar refractivity (Wildman–Crippen MR) is 80.1 cm³/mol. The van der Waals surface area contributed by atoms with E-state index in [0.717, 1.165) is 18.4 Å². The van der Waals surface area contributed by atoms with Crippen LogP contribution in [0.1, 0.15) is 28.8 Å². The van der Waals surface area contributed by atoms with Gasteiger partial charge in [0.15, 0.2) is 0 Å². The van der Waals surface area contributed by atoms with Crippen LogP contribution in [0.2, 0.25) is 5.02 Å². The number of hydrogen-bond donors (Lipinski definition) is 1. The lowest BCUT2D eigenvalue weighted by atomic mass is 9.97. The van der Waals surface area contributed by atoms with E-state index < -0.39 is 0 Å². The Morgan fingerprint density at radius 1 is 1.55 bits per heavy atom. The number of carbonyl (C=O) groups is 1. The highest BCUT2D eigenvalue weighted by molar-refractivity contribution is 6.31. The Morgan fingerprint density at radius 2 is 2.30 bits per heavy atom. The number of nitrogens with two attached hydrogens (primary N) is 1. The van der Waals surface area contributed by atoms with E-state index in [9.17, 15) is 4.79 Å². The van der Waals surface area contributed by atoms with Crippen molar-refractivity contribution in [3.63, 3.8) is 0 Å². The zero-order chi connectivity index (χ0) is 14.7. The van der Waals surface area contributed by atoms with E-state index in [2.05, 4.69) is 0 Å². The zero-order valence-electron chi connectivity index (χ0n) is 11.9. The van der Waals surface area contributed by atoms with Crippen LogP contribution in [0.4, 0.5) is 0 Å². The lowest BCUT2D eigenvalue weighted by Gasteiger charge is -2.38. The molecule has 20 heavy (non-hydrogen) atoms. The van der Waals surface area contributed by atoms with Crippen LogP contribution in [0, 0.1) is 6.92 Å². The van der Waals surface area contributed by atoms with Gasteiger partial charge in [0.05, 0.1) is 6.10 Å². The molecular formula is C15H21ClN2O2. The number of ether oxygens (including phenoxy) is 1. The highest BCUT2D eigenvalue weighted by Crippen LogP contribution is 2.24. The molecule has 0 radical (unpaired) electrons. The fourth-order valence-corrected chi connectivity index (χ4v) is 2.87. The van der Waals surface area contributed by atoms with E-state index in [1.807, 2.05) is 17.9 Å². The second kappa shape index (κ2) is 6.57. The van der Waals surface area contributed by atoms with E-state index in [4.69, 9.17) is 22.1 Å². The molecule has 2 unspecified atom stereocenters. The van der Waals surface area contributed by atoms with Crippen LogP contribution in [0.15, 0.2) is 18.2 Å². The molecule has 0 bridgehead atoms. The Balaban J connectivity index is 2.21. The molecule has 1 heterocycles. The second-order valence-electron chi connectivity index (χ2n) is 5.23. The largest absolute Gasteiger partial charge is 0.381 e. The first-order valence-corrected chi connectivity index (χ1v) is 7.24. The molecule has 1 aromatic rings. The van der Waals surface area contributed by atoms with Crippen molar-refractivity contribution in [1.29, 1.82) is 0 Å². The van der Waals surface area contributed by atoms with Gasteiger partial charge < -0.3 is 15.4 Å². The number of likely N-dealkylation sites (tertiary alicyclic amines) is 1. The maximum absolute atomic E-state index is 12.7. The topological polar surface area (TPSA) is 55.6 Å². The van der Waals surface area contributed by atoms with E-state index in [1.54, 1.807) is 19.2 Å². The first-order valence-electron chi connectivity index (χ1n) is 6.86. The van der Waals surface area contributed by atoms with Crippen molar-refractivity contribution < 1.29 is 9.53 Å². The molecule has 2 rings (SSSR count). The second-order valence-corrected chi connectivity index (χ2v) is 5.67. The number of methoxy groups -OCH3 is 1. The van der Waals surface area contributed by atoms with E-state index in [0.29, 0.717) is 23.7 Å². The fraction of sp³-hybridized carbons (Fsp3) is 0.533. The maximum Gasteiger partial charge on any atom is 0.254 e. The smallest absolute Gasteiger partial charge is 0.254 e. The third-order valence-electron chi connectivity index (χ3n) is 3.96. The SMILES string of the molecule is COC1CCN(C(=O)c2cc(Cl)ccc2C)C(CN)C1. The van der Waals surface area contributed by atoms with Crippen LogP contribution in [0.5, 0.6) is 0 Å². The molecule has 1 aliphatic heterocycles. The summed E-state index contributed by atoms with van der Waals surface area (Å²) in [6.45, 7) is 3.04. The summed E-state index contributed by atoms with van der Waals surface area (Å²) in [5, 5.41) is 0.579. The summed E-state index contributed by atoms with van der Waals surface area (Å²) in [6.07, 6.45) is 1.82. The molecule has 110 valence electrons. The minimum absolute atomic E-state index is 0.00926.